The molecule has 0 bridgehead atoms. The van der Waals surface area contributed by atoms with E-state index >= 15 is 0 Å². The van der Waals surface area contributed by atoms with Crippen molar-refractivity contribution in [1.29, 1.82) is 0 Å². The summed E-state index contributed by atoms with van der Waals surface area (Å²) in [6.45, 7) is 3.93. The maximum Gasteiger partial charge on any atom is 0.0247 e. The molecule has 1 aliphatic carbocycles. The van der Waals surface area contributed by atoms with Crippen LogP contribution in [0, 0.1) is 12.8 Å². The largest absolute Gasteiger partial charge is 0.329 e. The molecule has 1 saturated carbocycles. The highest BCUT2D eigenvalue weighted by atomic mass is 15.1. The van der Waals surface area contributed by atoms with Crippen molar-refractivity contribution in [2.45, 2.75) is 45.2 Å². The Balaban J connectivity index is 1.96. The quantitative estimate of drug-likeness (QED) is 0.865. The van der Waals surface area contributed by atoms with Crippen molar-refractivity contribution >= 4 is 0 Å². The molecule has 0 aliphatic heterocycles. The Kier molecular flexibility index (Phi) is 4.79. The zero-order valence-electron chi connectivity index (χ0n) is 11.7. The van der Waals surface area contributed by atoms with Crippen molar-refractivity contribution in [3.8, 4) is 0 Å². The molecule has 2 heteroatoms. The van der Waals surface area contributed by atoms with Crippen LogP contribution >= 0.6 is 0 Å². The van der Waals surface area contributed by atoms with Gasteiger partial charge in [0.05, 0.1) is 0 Å². The Bertz CT molecular complexity index is 352. The van der Waals surface area contributed by atoms with Crippen molar-refractivity contribution in [1.82, 2.24) is 4.90 Å². The van der Waals surface area contributed by atoms with Crippen molar-refractivity contribution in [3.63, 3.8) is 0 Å². The van der Waals surface area contributed by atoms with Crippen LogP contribution in [-0.4, -0.2) is 24.5 Å². The van der Waals surface area contributed by atoms with Gasteiger partial charge in [0.25, 0.3) is 0 Å². The fraction of sp³-hybridized carbons (Fsp3) is 0.625. The zero-order valence-corrected chi connectivity index (χ0v) is 11.7. The minimum Gasteiger partial charge on any atom is -0.329 e. The highest BCUT2D eigenvalue weighted by Crippen LogP contribution is 2.30. The number of benzene rings is 1. The third kappa shape index (κ3) is 3.33. The van der Waals surface area contributed by atoms with Gasteiger partial charge in [-0.15, -0.1) is 0 Å². The van der Waals surface area contributed by atoms with E-state index in [0.717, 1.165) is 19.0 Å². The van der Waals surface area contributed by atoms with Crippen molar-refractivity contribution in [3.05, 3.63) is 35.4 Å². The molecule has 0 heterocycles. The smallest absolute Gasteiger partial charge is 0.0247 e. The molecule has 1 aromatic carbocycles. The molecule has 0 amide bonds. The minimum atomic E-state index is 0.550. The van der Waals surface area contributed by atoms with Crippen molar-refractivity contribution < 1.29 is 0 Å². The van der Waals surface area contributed by atoms with Crippen LogP contribution in [-0.2, 0) is 6.54 Å². The molecular weight excluding hydrogens is 220 g/mol. The van der Waals surface area contributed by atoms with E-state index in [1.165, 1.54) is 36.8 Å². The van der Waals surface area contributed by atoms with E-state index in [4.69, 9.17) is 5.73 Å². The van der Waals surface area contributed by atoms with Crippen LogP contribution < -0.4 is 5.73 Å². The number of rotatable bonds is 5. The standard InChI is InChI=1S/C16H26N2/c1-13-7-9-14(10-8-13)12-18(2)16(11-17)15-5-3-4-6-15/h7-10,15-16H,3-6,11-12,17H2,1-2H3. The van der Waals surface area contributed by atoms with Gasteiger partial charge in [-0.05, 0) is 38.3 Å². The Morgan fingerprint density at radius 2 is 1.83 bits per heavy atom. The lowest BCUT2D eigenvalue weighted by molar-refractivity contribution is 0.174. The number of nitrogens with two attached hydrogens (primary N) is 1. The minimum absolute atomic E-state index is 0.550. The first-order chi connectivity index (χ1) is 8.70. The van der Waals surface area contributed by atoms with Crippen LogP contribution in [0.2, 0.25) is 0 Å². The van der Waals surface area contributed by atoms with Gasteiger partial charge >= 0.3 is 0 Å². The molecule has 2 N–H and O–H groups in total. The van der Waals surface area contributed by atoms with Gasteiger partial charge in [-0.3, -0.25) is 4.90 Å². The van der Waals surface area contributed by atoms with Crippen LogP contribution in [0.3, 0.4) is 0 Å². The third-order valence-electron chi connectivity index (χ3n) is 4.30. The van der Waals surface area contributed by atoms with Gasteiger partial charge in [0.1, 0.15) is 0 Å². The van der Waals surface area contributed by atoms with Crippen LogP contribution in [0.4, 0.5) is 0 Å². The maximum atomic E-state index is 5.99. The van der Waals surface area contributed by atoms with E-state index in [1.807, 2.05) is 0 Å². The van der Waals surface area contributed by atoms with Gasteiger partial charge in [-0.1, -0.05) is 42.7 Å². The summed E-state index contributed by atoms with van der Waals surface area (Å²) >= 11 is 0. The molecule has 1 aliphatic rings. The molecule has 0 radical (unpaired) electrons. The van der Waals surface area contributed by atoms with Crippen LogP contribution in [0.25, 0.3) is 0 Å². The molecule has 1 fully saturated rings. The van der Waals surface area contributed by atoms with Gasteiger partial charge in [-0.2, -0.15) is 0 Å². The number of hydrogen-bond acceptors (Lipinski definition) is 2. The lowest BCUT2D eigenvalue weighted by Crippen LogP contribution is -2.42. The number of hydrogen-bond donors (Lipinski definition) is 1. The predicted molar refractivity (Wildman–Crippen MR) is 77.4 cm³/mol. The summed E-state index contributed by atoms with van der Waals surface area (Å²) in [6.07, 6.45) is 5.50. The second-order valence-electron chi connectivity index (χ2n) is 5.75. The third-order valence-corrected chi connectivity index (χ3v) is 4.30. The number of aryl methyl sites for hydroxylation is 1. The average Bonchev–Trinajstić information content (AvgIpc) is 2.87. The Labute approximate surface area is 111 Å². The zero-order chi connectivity index (χ0) is 13.0. The first kappa shape index (κ1) is 13.6. The van der Waals surface area contributed by atoms with Crippen molar-refractivity contribution in [2.75, 3.05) is 13.6 Å². The molecule has 1 unspecified atom stereocenters. The van der Waals surface area contributed by atoms with Crippen LogP contribution in [0.5, 0.6) is 0 Å². The maximum absolute atomic E-state index is 5.99. The molecule has 100 valence electrons. The first-order valence-corrected chi connectivity index (χ1v) is 7.16. The van der Waals surface area contributed by atoms with Crippen molar-refractivity contribution in [2.24, 2.45) is 11.7 Å². The van der Waals surface area contributed by atoms with E-state index in [2.05, 4.69) is 43.1 Å². The summed E-state index contributed by atoms with van der Waals surface area (Å²) in [5.74, 6) is 0.811. The molecule has 0 aromatic heterocycles. The predicted octanol–water partition coefficient (Wildman–Crippen LogP) is 2.94. The van der Waals surface area contributed by atoms with E-state index in [-0.39, 0.29) is 0 Å². The van der Waals surface area contributed by atoms with E-state index in [1.54, 1.807) is 0 Å². The van der Waals surface area contributed by atoms with Crippen LogP contribution in [0.15, 0.2) is 24.3 Å². The summed E-state index contributed by atoms with van der Waals surface area (Å²) in [4.78, 5) is 2.45. The van der Waals surface area contributed by atoms with E-state index < -0.39 is 0 Å². The molecule has 18 heavy (non-hydrogen) atoms. The fourth-order valence-corrected chi connectivity index (χ4v) is 3.17. The molecule has 0 spiro atoms. The van der Waals surface area contributed by atoms with Gasteiger partial charge in [-0.25, -0.2) is 0 Å². The number of nitrogens with zero attached hydrogens (tertiary/aromatic N) is 1. The van der Waals surface area contributed by atoms with E-state index in [9.17, 15) is 0 Å². The topological polar surface area (TPSA) is 29.3 Å². The van der Waals surface area contributed by atoms with Gasteiger partial charge < -0.3 is 5.73 Å². The Morgan fingerprint density at radius 1 is 1.22 bits per heavy atom. The molecular formula is C16H26N2. The fourth-order valence-electron chi connectivity index (χ4n) is 3.17. The number of likely N-dealkylation sites (N-methyl/N-ethyl adjacent to an activating group) is 1. The van der Waals surface area contributed by atoms with Crippen LogP contribution in [0.1, 0.15) is 36.8 Å². The summed E-state index contributed by atoms with van der Waals surface area (Å²) in [6, 6.07) is 9.39. The molecule has 0 saturated heterocycles. The van der Waals surface area contributed by atoms with Gasteiger partial charge in [0.15, 0.2) is 0 Å². The Hall–Kier alpha value is -0.860. The SMILES string of the molecule is Cc1ccc(CN(C)C(CN)C2CCCC2)cc1. The summed E-state index contributed by atoms with van der Waals surface area (Å²) in [7, 11) is 2.22. The Morgan fingerprint density at radius 3 is 2.39 bits per heavy atom. The monoisotopic (exact) mass is 246 g/mol. The molecule has 1 aromatic rings. The molecule has 1 atom stereocenters. The normalized spacial score (nSPS) is 18.4. The lowest BCUT2D eigenvalue weighted by atomic mass is 9.96. The second-order valence-corrected chi connectivity index (χ2v) is 5.75. The first-order valence-electron chi connectivity index (χ1n) is 7.16. The highest BCUT2D eigenvalue weighted by Gasteiger charge is 2.26. The van der Waals surface area contributed by atoms with E-state index in [0.29, 0.717) is 6.04 Å². The summed E-state index contributed by atoms with van der Waals surface area (Å²) in [5, 5.41) is 0. The lowest BCUT2D eigenvalue weighted by Gasteiger charge is -2.31. The highest BCUT2D eigenvalue weighted by molar-refractivity contribution is 5.21. The molecule has 2 nitrogen and oxygen atoms in total. The molecule has 2 rings (SSSR count). The van der Waals surface area contributed by atoms with Gasteiger partial charge in [0.2, 0.25) is 0 Å². The van der Waals surface area contributed by atoms with Gasteiger partial charge in [0, 0.05) is 19.1 Å². The summed E-state index contributed by atoms with van der Waals surface area (Å²) < 4.78 is 0. The second kappa shape index (κ2) is 6.35. The summed E-state index contributed by atoms with van der Waals surface area (Å²) in [5.41, 5.74) is 8.70. The average molecular weight is 246 g/mol.